The van der Waals surface area contributed by atoms with Gasteiger partial charge >= 0.3 is 5.97 Å². The van der Waals surface area contributed by atoms with E-state index in [0.717, 1.165) is 0 Å². The minimum atomic E-state index is -0.902. The summed E-state index contributed by atoms with van der Waals surface area (Å²) in [6, 6.07) is 0. The van der Waals surface area contributed by atoms with Gasteiger partial charge in [0.05, 0.1) is 12.1 Å². The molecule has 4 nitrogen and oxygen atoms in total. The van der Waals surface area contributed by atoms with E-state index in [2.05, 4.69) is 5.32 Å². The number of rotatable bonds is 6. The molecular formula is C9H19NO3. The van der Waals surface area contributed by atoms with Crippen LogP contribution in [0.5, 0.6) is 0 Å². The van der Waals surface area contributed by atoms with Crippen molar-refractivity contribution in [3.8, 4) is 0 Å². The van der Waals surface area contributed by atoms with E-state index >= 15 is 0 Å². The van der Waals surface area contributed by atoms with Crippen LogP contribution in [0.1, 0.15) is 27.2 Å². The largest absolute Gasteiger partial charge is 0.480 e. The number of carboxylic acid groups (broad SMARTS) is 1. The van der Waals surface area contributed by atoms with Gasteiger partial charge < -0.3 is 15.5 Å². The Bertz CT molecular complexity index is 166. The Kier molecular flexibility index (Phi) is 4.95. The molecule has 4 heteroatoms. The SMILES string of the molecule is CC(C)CC(C)(O)CNCC(=O)O. The number of carbonyl (C=O) groups is 1. The second kappa shape index (κ2) is 5.19. The molecule has 0 aromatic heterocycles. The summed E-state index contributed by atoms with van der Waals surface area (Å²) in [5.41, 5.74) is -0.816. The van der Waals surface area contributed by atoms with E-state index in [4.69, 9.17) is 5.11 Å². The van der Waals surface area contributed by atoms with Crippen molar-refractivity contribution in [3.63, 3.8) is 0 Å². The molecular weight excluding hydrogens is 170 g/mol. The zero-order valence-corrected chi connectivity index (χ0v) is 8.50. The summed E-state index contributed by atoms with van der Waals surface area (Å²) < 4.78 is 0. The van der Waals surface area contributed by atoms with Gasteiger partial charge in [0.15, 0.2) is 0 Å². The van der Waals surface area contributed by atoms with Gasteiger partial charge in [-0.3, -0.25) is 4.79 Å². The predicted molar refractivity (Wildman–Crippen MR) is 50.6 cm³/mol. The summed E-state index contributed by atoms with van der Waals surface area (Å²) in [5, 5.41) is 20.8. The quantitative estimate of drug-likeness (QED) is 0.567. The Morgan fingerprint density at radius 2 is 2.08 bits per heavy atom. The molecule has 1 unspecified atom stereocenters. The average Bonchev–Trinajstić information content (AvgIpc) is 1.81. The summed E-state index contributed by atoms with van der Waals surface area (Å²) in [5.74, 6) is -0.498. The van der Waals surface area contributed by atoms with Crippen molar-refractivity contribution in [1.29, 1.82) is 0 Å². The highest BCUT2D eigenvalue weighted by atomic mass is 16.4. The Balaban J connectivity index is 3.68. The Hall–Kier alpha value is -0.610. The number of aliphatic hydroxyl groups is 1. The first-order valence-corrected chi connectivity index (χ1v) is 4.48. The second-order valence-electron chi connectivity index (χ2n) is 4.09. The van der Waals surface area contributed by atoms with E-state index in [-0.39, 0.29) is 6.54 Å². The van der Waals surface area contributed by atoms with Gasteiger partial charge in [-0.05, 0) is 19.3 Å². The van der Waals surface area contributed by atoms with Crippen molar-refractivity contribution in [2.75, 3.05) is 13.1 Å². The van der Waals surface area contributed by atoms with Crippen LogP contribution in [0.25, 0.3) is 0 Å². The Labute approximate surface area is 79.0 Å². The highest BCUT2D eigenvalue weighted by molar-refractivity contribution is 5.68. The lowest BCUT2D eigenvalue weighted by Gasteiger charge is -2.25. The van der Waals surface area contributed by atoms with E-state index in [0.29, 0.717) is 18.9 Å². The minimum absolute atomic E-state index is 0.103. The summed E-state index contributed by atoms with van der Waals surface area (Å²) in [4.78, 5) is 10.2. The second-order valence-corrected chi connectivity index (χ2v) is 4.09. The van der Waals surface area contributed by atoms with E-state index < -0.39 is 11.6 Å². The number of nitrogens with one attached hydrogen (secondary N) is 1. The first kappa shape index (κ1) is 12.4. The van der Waals surface area contributed by atoms with Gasteiger partial charge in [-0.15, -0.1) is 0 Å². The van der Waals surface area contributed by atoms with Gasteiger partial charge in [0.1, 0.15) is 0 Å². The third-order valence-corrected chi connectivity index (χ3v) is 1.63. The fourth-order valence-corrected chi connectivity index (χ4v) is 1.39. The van der Waals surface area contributed by atoms with Crippen LogP contribution in [0.4, 0.5) is 0 Å². The van der Waals surface area contributed by atoms with E-state index in [1.807, 2.05) is 13.8 Å². The molecule has 0 aromatic rings. The maximum atomic E-state index is 10.2. The predicted octanol–water partition coefficient (Wildman–Crippen LogP) is 0.458. The standard InChI is InChI=1S/C9H19NO3/c1-7(2)4-9(3,13)6-10-5-8(11)12/h7,10,13H,4-6H2,1-3H3,(H,11,12). The van der Waals surface area contributed by atoms with Gasteiger partial charge in [0.25, 0.3) is 0 Å². The van der Waals surface area contributed by atoms with Gasteiger partial charge in [-0.2, -0.15) is 0 Å². The highest BCUT2D eigenvalue weighted by Gasteiger charge is 2.21. The van der Waals surface area contributed by atoms with E-state index in [1.54, 1.807) is 6.92 Å². The Morgan fingerprint density at radius 3 is 2.46 bits per heavy atom. The zero-order valence-electron chi connectivity index (χ0n) is 8.50. The smallest absolute Gasteiger partial charge is 0.317 e. The number of hydrogen-bond donors (Lipinski definition) is 3. The molecule has 1 atom stereocenters. The highest BCUT2D eigenvalue weighted by Crippen LogP contribution is 2.14. The lowest BCUT2D eigenvalue weighted by Crippen LogP contribution is -2.40. The summed E-state index contributed by atoms with van der Waals surface area (Å²) >= 11 is 0. The maximum Gasteiger partial charge on any atom is 0.317 e. The molecule has 0 bridgehead atoms. The maximum absolute atomic E-state index is 10.2. The molecule has 0 rings (SSSR count). The van der Waals surface area contributed by atoms with Gasteiger partial charge in [0, 0.05) is 6.54 Å². The molecule has 0 heterocycles. The van der Waals surface area contributed by atoms with Crippen molar-refractivity contribution >= 4 is 5.97 Å². The summed E-state index contributed by atoms with van der Waals surface area (Å²) in [7, 11) is 0. The lowest BCUT2D eigenvalue weighted by atomic mass is 9.94. The van der Waals surface area contributed by atoms with Crippen LogP contribution in [0.2, 0.25) is 0 Å². The van der Waals surface area contributed by atoms with Crippen LogP contribution in [0, 0.1) is 5.92 Å². The Morgan fingerprint density at radius 1 is 1.54 bits per heavy atom. The normalized spacial score (nSPS) is 15.8. The molecule has 3 N–H and O–H groups in total. The van der Waals surface area contributed by atoms with Crippen LogP contribution in [0.15, 0.2) is 0 Å². The third-order valence-electron chi connectivity index (χ3n) is 1.63. The summed E-state index contributed by atoms with van der Waals surface area (Å²) in [6.07, 6.45) is 0.666. The minimum Gasteiger partial charge on any atom is -0.480 e. The number of hydrogen-bond acceptors (Lipinski definition) is 3. The molecule has 0 saturated carbocycles. The van der Waals surface area contributed by atoms with E-state index in [1.165, 1.54) is 0 Å². The molecule has 13 heavy (non-hydrogen) atoms. The summed E-state index contributed by atoms with van der Waals surface area (Å²) in [6.45, 7) is 5.96. The van der Waals surface area contributed by atoms with Crippen molar-refractivity contribution in [2.24, 2.45) is 5.92 Å². The fraction of sp³-hybridized carbons (Fsp3) is 0.889. The van der Waals surface area contributed by atoms with Crippen LogP contribution in [-0.4, -0.2) is 34.9 Å². The monoisotopic (exact) mass is 189 g/mol. The van der Waals surface area contributed by atoms with Crippen molar-refractivity contribution in [2.45, 2.75) is 32.8 Å². The lowest BCUT2D eigenvalue weighted by molar-refractivity contribution is -0.136. The fourth-order valence-electron chi connectivity index (χ4n) is 1.39. The van der Waals surface area contributed by atoms with Gasteiger partial charge in [-0.1, -0.05) is 13.8 Å². The van der Waals surface area contributed by atoms with Gasteiger partial charge in [-0.25, -0.2) is 0 Å². The van der Waals surface area contributed by atoms with Crippen LogP contribution in [-0.2, 0) is 4.79 Å². The molecule has 0 saturated heterocycles. The first-order valence-electron chi connectivity index (χ1n) is 4.48. The van der Waals surface area contributed by atoms with Crippen molar-refractivity contribution < 1.29 is 15.0 Å². The molecule has 78 valence electrons. The topological polar surface area (TPSA) is 69.6 Å². The molecule has 0 amide bonds. The molecule has 0 aromatic carbocycles. The average molecular weight is 189 g/mol. The van der Waals surface area contributed by atoms with Crippen molar-refractivity contribution in [3.05, 3.63) is 0 Å². The van der Waals surface area contributed by atoms with Gasteiger partial charge in [0.2, 0.25) is 0 Å². The molecule has 0 fully saturated rings. The van der Waals surface area contributed by atoms with Crippen LogP contribution in [0.3, 0.4) is 0 Å². The first-order chi connectivity index (χ1) is 5.83. The van der Waals surface area contributed by atoms with Crippen molar-refractivity contribution in [1.82, 2.24) is 5.32 Å². The number of carboxylic acids is 1. The molecule has 0 radical (unpaired) electrons. The molecule has 0 aliphatic rings. The molecule has 0 spiro atoms. The molecule has 0 aliphatic carbocycles. The third kappa shape index (κ3) is 7.74. The molecule has 0 aliphatic heterocycles. The zero-order chi connectivity index (χ0) is 10.5. The van der Waals surface area contributed by atoms with Crippen LogP contribution >= 0.6 is 0 Å². The van der Waals surface area contributed by atoms with Crippen LogP contribution < -0.4 is 5.32 Å². The van der Waals surface area contributed by atoms with E-state index in [9.17, 15) is 9.90 Å². The number of aliphatic carboxylic acids is 1.